The summed E-state index contributed by atoms with van der Waals surface area (Å²) in [5.41, 5.74) is 0. The monoisotopic (exact) mass is 552 g/mol. The minimum absolute atomic E-state index is 0.913. The molecule has 0 spiro atoms. The van der Waals surface area contributed by atoms with Crippen molar-refractivity contribution in [3.63, 3.8) is 0 Å². The molecule has 0 saturated carbocycles. The van der Waals surface area contributed by atoms with E-state index in [4.69, 9.17) is 0 Å². The zero-order valence-corrected chi connectivity index (χ0v) is 23.9. The zero-order chi connectivity index (χ0) is 29.6. The van der Waals surface area contributed by atoms with Crippen LogP contribution in [-0.4, -0.2) is 0 Å². The number of benzene rings is 6. The second-order valence-electron chi connectivity index (χ2n) is 10.3. The molecule has 7 aromatic rings. The van der Waals surface area contributed by atoms with E-state index in [2.05, 4.69) is 97.1 Å². The molecule has 0 aromatic heterocycles. The van der Waals surface area contributed by atoms with Crippen LogP contribution < -0.4 is 0 Å². The van der Waals surface area contributed by atoms with E-state index in [1.807, 2.05) is 97.1 Å². The van der Waals surface area contributed by atoms with Crippen molar-refractivity contribution in [3.8, 4) is 0 Å². The molecule has 0 aliphatic rings. The summed E-state index contributed by atoms with van der Waals surface area (Å²) < 4.78 is 0. The number of hydrogen-bond acceptors (Lipinski definition) is 0. The minimum atomic E-state index is 0.913. The normalized spacial score (nSPS) is 10.0. The summed E-state index contributed by atoms with van der Waals surface area (Å²) in [6.45, 7) is 0. The Labute approximate surface area is 258 Å². The third kappa shape index (κ3) is 5.80. The molecule has 0 N–H and O–H groups in total. The molecule has 4 bridgehead atoms. The fourth-order valence-corrected chi connectivity index (χ4v) is 5.22. The van der Waals surface area contributed by atoms with Gasteiger partial charge in [0.2, 0.25) is 0 Å². The van der Waals surface area contributed by atoms with Crippen LogP contribution in [0.25, 0.3) is 64.6 Å². The van der Waals surface area contributed by atoms with Gasteiger partial charge >= 0.3 is 0 Å². The van der Waals surface area contributed by atoms with Crippen LogP contribution in [0.5, 0.6) is 0 Å². The van der Waals surface area contributed by atoms with E-state index in [1.54, 1.807) is 0 Å². The van der Waals surface area contributed by atoms with Crippen molar-refractivity contribution in [3.05, 3.63) is 194 Å². The standard InChI is InChI=1S/C44H24/c1-5-19-41-37(15-1)27-23-33-11-9-12-34(31-33)25-29-39-17-3-7-21-43(39)44-22-8-4-18-40(44)30-26-36-14-10-13-35(32-36)24-28-38-16-2-6-20-42(38)41/h1-22,31-32H. The van der Waals surface area contributed by atoms with Gasteiger partial charge in [0.05, 0.1) is 0 Å². The molecule has 0 atom stereocenters. The van der Waals surface area contributed by atoms with Crippen LogP contribution in [-0.2, 0) is 0 Å². The highest BCUT2D eigenvalue weighted by atomic mass is 14.0. The third-order valence-corrected chi connectivity index (χ3v) is 7.38. The van der Waals surface area contributed by atoms with Gasteiger partial charge in [-0.25, -0.2) is 0 Å². The quantitative estimate of drug-likeness (QED) is 0.176. The highest BCUT2D eigenvalue weighted by molar-refractivity contribution is 6.05. The van der Waals surface area contributed by atoms with E-state index in [-0.39, 0.29) is 0 Å². The van der Waals surface area contributed by atoms with Crippen molar-refractivity contribution >= 4 is 64.6 Å². The van der Waals surface area contributed by atoms with E-state index < -0.39 is 0 Å². The zero-order valence-electron chi connectivity index (χ0n) is 23.9. The largest absolute Gasteiger partial charge is 0.0616 e. The Kier molecular flexibility index (Phi) is 7.34. The molecule has 0 unspecified atom stereocenters. The number of hydrogen-bond donors (Lipinski definition) is 0. The average Bonchev–Trinajstić information content (AvgIpc) is 3.09. The molecule has 0 aliphatic heterocycles. The van der Waals surface area contributed by atoms with Crippen LogP contribution >= 0.6 is 0 Å². The van der Waals surface area contributed by atoms with E-state index in [0.29, 0.717) is 0 Å². The van der Waals surface area contributed by atoms with E-state index >= 15 is 0 Å². The highest BCUT2D eigenvalue weighted by Crippen LogP contribution is 2.21. The van der Waals surface area contributed by atoms with E-state index in [0.717, 1.165) is 64.6 Å². The molecule has 7 aromatic carbocycles. The predicted molar refractivity (Wildman–Crippen MR) is 184 cm³/mol. The van der Waals surface area contributed by atoms with Crippen LogP contribution in [0, 0.1) is 48.5 Å². The van der Waals surface area contributed by atoms with Gasteiger partial charge in [-0.1, -0.05) is 133 Å². The molecule has 0 aliphatic carbocycles. The second kappa shape index (κ2) is 12.2. The summed E-state index contributed by atoms with van der Waals surface area (Å²) in [6, 6.07) is 76.3. The summed E-state index contributed by atoms with van der Waals surface area (Å²) in [6.07, 6.45) is 0. The van der Waals surface area contributed by atoms with Crippen molar-refractivity contribution in [2.45, 2.75) is 0 Å². The molecule has 0 saturated heterocycles. The summed E-state index contributed by atoms with van der Waals surface area (Å²) in [5, 5.41) is 11.7. The average molecular weight is 553 g/mol. The van der Waals surface area contributed by atoms with Crippen LogP contribution in [0.3, 0.4) is 0 Å². The van der Waals surface area contributed by atoms with Crippen LogP contribution in [0.2, 0.25) is 0 Å². The molecule has 0 heteroatoms. The van der Waals surface area contributed by atoms with Gasteiger partial charge in [0, 0.05) is 43.1 Å². The van der Waals surface area contributed by atoms with E-state index in [1.165, 1.54) is 0 Å². The van der Waals surface area contributed by atoms with Crippen LogP contribution in [0.15, 0.2) is 146 Å². The van der Waals surface area contributed by atoms with Gasteiger partial charge in [0.15, 0.2) is 0 Å². The lowest BCUT2D eigenvalue weighted by Crippen LogP contribution is -1.72. The van der Waals surface area contributed by atoms with Crippen molar-refractivity contribution in [1.82, 2.24) is 0 Å². The van der Waals surface area contributed by atoms with Crippen molar-refractivity contribution in [1.29, 1.82) is 0 Å². The fraction of sp³-hybridized carbons (Fsp3) is 0. The number of rotatable bonds is 0. The fourth-order valence-electron chi connectivity index (χ4n) is 5.22. The van der Waals surface area contributed by atoms with Crippen LogP contribution in [0.1, 0.15) is 0 Å². The summed E-state index contributed by atoms with van der Waals surface area (Å²) in [7, 11) is 0. The van der Waals surface area contributed by atoms with Crippen molar-refractivity contribution in [2.24, 2.45) is 0 Å². The summed E-state index contributed by atoms with van der Waals surface area (Å²) in [5.74, 6) is 0. The molecule has 0 amide bonds. The lowest BCUT2D eigenvalue weighted by atomic mass is 10.1. The SMILES string of the molecule is c1c2cccc(c#cc3ccccc3c3ccccc3c#cc3cccc(c#cc4ccccc4c4ccccc4c#1)c3)c2. The Hall–Kier alpha value is -6.44. The Morgan fingerprint density at radius 1 is 0.227 bits per heavy atom. The molecule has 0 heterocycles. The van der Waals surface area contributed by atoms with Gasteiger partial charge in [-0.2, -0.15) is 0 Å². The Morgan fingerprint density at radius 2 is 0.477 bits per heavy atom. The van der Waals surface area contributed by atoms with Crippen molar-refractivity contribution in [2.75, 3.05) is 0 Å². The Balaban J connectivity index is 1.60. The van der Waals surface area contributed by atoms with Gasteiger partial charge < -0.3 is 0 Å². The summed E-state index contributed by atoms with van der Waals surface area (Å²) in [4.78, 5) is 0. The lowest BCUT2D eigenvalue weighted by molar-refractivity contribution is 1.78. The maximum absolute atomic E-state index is 3.42. The second-order valence-corrected chi connectivity index (χ2v) is 10.3. The minimum Gasteiger partial charge on any atom is -0.0616 e. The smallest absolute Gasteiger partial charge is 0.0327 e. The van der Waals surface area contributed by atoms with E-state index in [9.17, 15) is 0 Å². The first-order valence-corrected chi connectivity index (χ1v) is 14.5. The first kappa shape index (κ1) is 26.5. The van der Waals surface area contributed by atoms with Gasteiger partial charge in [-0.05, 0) is 82.2 Å². The van der Waals surface area contributed by atoms with Crippen molar-refractivity contribution < 1.29 is 0 Å². The maximum atomic E-state index is 3.42. The predicted octanol–water partition coefficient (Wildman–Crippen LogP) is 10.9. The molecule has 0 nitrogen and oxygen atoms in total. The molecule has 0 radical (unpaired) electrons. The molecular formula is C44H24. The first-order valence-electron chi connectivity index (χ1n) is 14.5. The highest BCUT2D eigenvalue weighted by Gasteiger charge is 1.96. The topological polar surface area (TPSA) is 0 Å². The van der Waals surface area contributed by atoms with Crippen LogP contribution in [0.4, 0.5) is 0 Å². The molecular weight excluding hydrogens is 528 g/mol. The Bertz CT molecular complexity index is 2060. The third-order valence-electron chi connectivity index (χ3n) is 7.38. The van der Waals surface area contributed by atoms with Gasteiger partial charge in [-0.15, -0.1) is 0 Å². The molecule has 0 fully saturated rings. The molecule has 7 rings (SSSR count). The van der Waals surface area contributed by atoms with Gasteiger partial charge in [-0.3, -0.25) is 0 Å². The van der Waals surface area contributed by atoms with Gasteiger partial charge in [0.25, 0.3) is 0 Å². The first-order chi connectivity index (χ1) is 21.8. The summed E-state index contributed by atoms with van der Waals surface area (Å²) >= 11 is 0. The Morgan fingerprint density at radius 3 is 0.750 bits per heavy atom. The maximum Gasteiger partial charge on any atom is 0.0327 e. The molecule has 200 valence electrons. The number of fused-ring (bicyclic) bond motifs is 10. The van der Waals surface area contributed by atoms with Gasteiger partial charge in [0.1, 0.15) is 0 Å². The molecule has 44 heavy (non-hydrogen) atoms. The lowest BCUT2D eigenvalue weighted by Gasteiger charge is -1.96.